The number of ether oxygens (including phenoxy) is 1. The van der Waals surface area contributed by atoms with Gasteiger partial charge in [-0.05, 0) is 56.4 Å². The second-order valence-electron chi connectivity index (χ2n) is 8.20. The van der Waals surface area contributed by atoms with Gasteiger partial charge in [-0.15, -0.1) is 0 Å². The average Bonchev–Trinajstić information content (AvgIpc) is 2.71. The number of amides is 1. The summed E-state index contributed by atoms with van der Waals surface area (Å²) in [6, 6.07) is 15.1. The molecular formula is C24H30N2O2. The zero-order valence-corrected chi connectivity index (χ0v) is 17.0. The van der Waals surface area contributed by atoms with Crippen LogP contribution in [-0.2, 0) is 11.3 Å². The van der Waals surface area contributed by atoms with E-state index in [4.69, 9.17) is 4.74 Å². The molecule has 2 heterocycles. The van der Waals surface area contributed by atoms with Crippen molar-refractivity contribution >= 4 is 11.6 Å². The Morgan fingerprint density at radius 2 is 1.71 bits per heavy atom. The summed E-state index contributed by atoms with van der Waals surface area (Å²) >= 11 is 0. The van der Waals surface area contributed by atoms with Crippen LogP contribution in [0.25, 0.3) is 0 Å². The van der Waals surface area contributed by atoms with Crippen LogP contribution in [0, 0.1) is 13.8 Å². The molecule has 1 saturated heterocycles. The first-order chi connectivity index (χ1) is 13.6. The molecule has 0 spiro atoms. The molecule has 2 aromatic carbocycles. The van der Waals surface area contributed by atoms with Gasteiger partial charge >= 0.3 is 0 Å². The molecule has 0 aromatic heterocycles. The number of aryl methyl sites for hydroxylation is 2. The fraction of sp³-hybridized carbons (Fsp3) is 0.458. The summed E-state index contributed by atoms with van der Waals surface area (Å²) in [7, 11) is 0. The first-order valence-electron chi connectivity index (χ1n) is 10.4. The Labute approximate surface area is 168 Å². The molecule has 1 atom stereocenters. The zero-order valence-electron chi connectivity index (χ0n) is 17.0. The van der Waals surface area contributed by atoms with Gasteiger partial charge in [-0.25, -0.2) is 0 Å². The van der Waals surface area contributed by atoms with Gasteiger partial charge in [0.2, 0.25) is 5.91 Å². The van der Waals surface area contributed by atoms with Crippen molar-refractivity contribution in [1.82, 2.24) is 4.90 Å². The highest BCUT2D eigenvalue weighted by molar-refractivity contribution is 5.78. The third-order valence-corrected chi connectivity index (χ3v) is 5.89. The molecule has 0 bridgehead atoms. The number of rotatable bonds is 4. The van der Waals surface area contributed by atoms with Gasteiger partial charge in [0.15, 0.2) is 0 Å². The quantitative estimate of drug-likeness (QED) is 0.787. The number of anilines is 1. The summed E-state index contributed by atoms with van der Waals surface area (Å²) in [5.41, 5.74) is 4.80. The molecule has 0 saturated carbocycles. The average molecular weight is 379 g/mol. The zero-order chi connectivity index (χ0) is 19.5. The lowest BCUT2D eigenvalue weighted by Crippen LogP contribution is -2.47. The Morgan fingerprint density at radius 1 is 1.00 bits per heavy atom. The van der Waals surface area contributed by atoms with Crippen LogP contribution < -0.4 is 9.64 Å². The predicted octanol–water partition coefficient (Wildman–Crippen LogP) is 4.47. The maximum absolute atomic E-state index is 12.9. The van der Waals surface area contributed by atoms with E-state index in [1.54, 1.807) is 0 Å². The Hall–Kier alpha value is -2.49. The number of hydrogen-bond donors (Lipinski definition) is 0. The Balaban J connectivity index is 1.57. The van der Waals surface area contributed by atoms with E-state index >= 15 is 0 Å². The van der Waals surface area contributed by atoms with Crippen molar-refractivity contribution in [3.05, 3.63) is 59.2 Å². The Kier molecular flexibility index (Phi) is 5.56. The summed E-state index contributed by atoms with van der Waals surface area (Å²) in [6.45, 7) is 7.34. The van der Waals surface area contributed by atoms with Crippen LogP contribution in [0.3, 0.4) is 0 Å². The highest BCUT2D eigenvalue weighted by Gasteiger charge is 2.31. The van der Waals surface area contributed by atoms with Crippen molar-refractivity contribution < 1.29 is 9.53 Å². The monoisotopic (exact) mass is 378 g/mol. The number of nitrogens with zero attached hydrogens (tertiary/aromatic N) is 2. The maximum atomic E-state index is 12.9. The van der Waals surface area contributed by atoms with Crippen molar-refractivity contribution in [3.8, 4) is 5.75 Å². The first-order valence-corrected chi connectivity index (χ1v) is 10.4. The van der Waals surface area contributed by atoms with Crippen molar-refractivity contribution in [2.75, 3.05) is 24.6 Å². The molecule has 1 amide bonds. The van der Waals surface area contributed by atoms with Gasteiger partial charge in [0.25, 0.3) is 0 Å². The standard InChI is InChI=1S/C24H30N2O2/c1-18-6-9-20(10-7-18)16-26-21(15-24(27)25-12-4-3-5-13-25)17-28-23-14-19(2)8-11-22(23)26/h6-11,14,21H,3-5,12-13,15-17H2,1-2H3/t21-/m0/s1. The van der Waals surface area contributed by atoms with Crippen LogP contribution in [-0.4, -0.2) is 36.5 Å². The van der Waals surface area contributed by atoms with Gasteiger partial charge in [-0.1, -0.05) is 35.9 Å². The third kappa shape index (κ3) is 4.16. The van der Waals surface area contributed by atoms with Crippen LogP contribution in [0.5, 0.6) is 5.75 Å². The van der Waals surface area contributed by atoms with E-state index in [0.717, 1.165) is 43.9 Å². The Bertz CT molecular complexity index is 825. The molecule has 148 valence electrons. The number of carbonyl (C=O) groups is 1. The summed E-state index contributed by atoms with van der Waals surface area (Å²) in [4.78, 5) is 17.3. The number of piperidine rings is 1. The molecule has 0 aliphatic carbocycles. The number of benzene rings is 2. The second kappa shape index (κ2) is 8.26. The lowest BCUT2D eigenvalue weighted by atomic mass is 10.0. The van der Waals surface area contributed by atoms with Gasteiger partial charge in [0.1, 0.15) is 12.4 Å². The summed E-state index contributed by atoms with van der Waals surface area (Å²) in [6.07, 6.45) is 4.01. The van der Waals surface area contributed by atoms with Crippen molar-refractivity contribution in [2.24, 2.45) is 0 Å². The topological polar surface area (TPSA) is 32.8 Å². The van der Waals surface area contributed by atoms with Crippen LogP contribution in [0.15, 0.2) is 42.5 Å². The van der Waals surface area contributed by atoms with E-state index in [-0.39, 0.29) is 11.9 Å². The molecule has 2 aliphatic rings. The molecule has 2 aliphatic heterocycles. The summed E-state index contributed by atoms with van der Waals surface area (Å²) in [5.74, 6) is 1.19. The van der Waals surface area contributed by atoms with Crippen LogP contribution in [0.1, 0.15) is 42.4 Å². The molecule has 2 aromatic rings. The molecule has 4 heteroatoms. The SMILES string of the molecule is Cc1ccc(CN2c3ccc(C)cc3OC[C@@H]2CC(=O)N2CCCCC2)cc1. The lowest BCUT2D eigenvalue weighted by Gasteiger charge is -2.39. The van der Waals surface area contributed by atoms with Crippen molar-refractivity contribution in [1.29, 1.82) is 0 Å². The van der Waals surface area contributed by atoms with Gasteiger partial charge < -0.3 is 14.5 Å². The van der Waals surface area contributed by atoms with Crippen LogP contribution >= 0.6 is 0 Å². The van der Waals surface area contributed by atoms with Gasteiger partial charge in [0.05, 0.1) is 18.2 Å². The highest BCUT2D eigenvalue weighted by atomic mass is 16.5. The number of hydrogen-bond acceptors (Lipinski definition) is 3. The third-order valence-electron chi connectivity index (χ3n) is 5.89. The fourth-order valence-corrected chi connectivity index (χ4v) is 4.19. The molecule has 28 heavy (non-hydrogen) atoms. The second-order valence-corrected chi connectivity index (χ2v) is 8.20. The molecular weight excluding hydrogens is 348 g/mol. The summed E-state index contributed by atoms with van der Waals surface area (Å²) in [5, 5.41) is 0. The highest BCUT2D eigenvalue weighted by Crippen LogP contribution is 2.36. The predicted molar refractivity (Wildman–Crippen MR) is 113 cm³/mol. The van der Waals surface area contributed by atoms with E-state index in [0.29, 0.717) is 13.0 Å². The van der Waals surface area contributed by atoms with Gasteiger partial charge in [-0.2, -0.15) is 0 Å². The van der Waals surface area contributed by atoms with Gasteiger partial charge in [0, 0.05) is 19.6 Å². The smallest absolute Gasteiger partial charge is 0.224 e. The lowest BCUT2D eigenvalue weighted by molar-refractivity contribution is -0.132. The van der Waals surface area contributed by atoms with E-state index in [2.05, 4.69) is 61.2 Å². The molecule has 0 N–H and O–H groups in total. The van der Waals surface area contributed by atoms with Crippen LogP contribution in [0.2, 0.25) is 0 Å². The number of likely N-dealkylation sites (tertiary alicyclic amines) is 1. The molecule has 4 nitrogen and oxygen atoms in total. The Morgan fingerprint density at radius 3 is 2.46 bits per heavy atom. The summed E-state index contributed by atoms with van der Waals surface area (Å²) < 4.78 is 6.08. The molecule has 1 fully saturated rings. The fourth-order valence-electron chi connectivity index (χ4n) is 4.19. The van der Waals surface area contributed by atoms with E-state index in [1.807, 2.05) is 4.90 Å². The van der Waals surface area contributed by atoms with Crippen LogP contribution in [0.4, 0.5) is 5.69 Å². The van der Waals surface area contributed by atoms with Gasteiger partial charge in [-0.3, -0.25) is 4.79 Å². The minimum atomic E-state index is 0.0611. The van der Waals surface area contributed by atoms with Crippen molar-refractivity contribution in [2.45, 2.75) is 52.1 Å². The minimum Gasteiger partial charge on any atom is -0.489 e. The first kappa shape index (κ1) is 18.9. The number of carbonyl (C=O) groups excluding carboxylic acids is 1. The normalized spacial score (nSPS) is 19.1. The molecule has 4 rings (SSSR count). The maximum Gasteiger partial charge on any atom is 0.224 e. The van der Waals surface area contributed by atoms with E-state index in [9.17, 15) is 4.79 Å². The number of fused-ring (bicyclic) bond motifs is 1. The molecule has 0 unspecified atom stereocenters. The van der Waals surface area contributed by atoms with E-state index < -0.39 is 0 Å². The minimum absolute atomic E-state index is 0.0611. The largest absolute Gasteiger partial charge is 0.489 e. The van der Waals surface area contributed by atoms with E-state index in [1.165, 1.54) is 23.1 Å². The van der Waals surface area contributed by atoms with Crippen molar-refractivity contribution in [3.63, 3.8) is 0 Å². The molecule has 0 radical (unpaired) electrons.